The van der Waals surface area contributed by atoms with Crippen molar-refractivity contribution in [3.63, 3.8) is 0 Å². The van der Waals surface area contributed by atoms with Crippen LogP contribution in [0.3, 0.4) is 0 Å². The maximum Gasteiger partial charge on any atom is 0.227 e. The van der Waals surface area contributed by atoms with E-state index in [9.17, 15) is 0 Å². The van der Waals surface area contributed by atoms with Crippen molar-refractivity contribution in [3.05, 3.63) is 42.3 Å². The first-order chi connectivity index (χ1) is 9.36. The molecule has 0 spiro atoms. The monoisotopic (exact) mass is 256 g/mol. The molecule has 19 heavy (non-hydrogen) atoms. The molecule has 98 valence electrons. The molecule has 0 saturated carbocycles. The fraction of sp³-hybridized carbons (Fsp3) is 0.333. The summed E-state index contributed by atoms with van der Waals surface area (Å²) in [6.45, 7) is 0. The van der Waals surface area contributed by atoms with Crippen LogP contribution in [0.15, 0.2) is 40.9 Å². The van der Waals surface area contributed by atoms with E-state index in [-0.39, 0.29) is 0 Å². The van der Waals surface area contributed by atoms with Crippen molar-refractivity contribution in [2.45, 2.75) is 19.3 Å². The van der Waals surface area contributed by atoms with Crippen LogP contribution in [0, 0.1) is 5.92 Å². The van der Waals surface area contributed by atoms with E-state index in [1.165, 1.54) is 6.42 Å². The van der Waals surface area contributed by atoms with Gasteiger partial charge in [-0.3, -0.25) is 0 Å². The average Bonchev–Trinajstić information content (AvgIpc) is 3.11. The first-order valence-corrected chi connectivity index (χ1v) is 6.49. The van der Waals surface area contributed by atoms with Crippen molar-refractivity contribution in [2.24, 2.45) is 5.92 Å². The fourth-order valence-corrected chi connectivity index (χ4v) is 2.37. The maximum absolute atomic E-state index is 5.33. The van der Waals surface area contributed by atoms with Gasteiger partial charge < -0.3 is 9.26 Å². The highest BCUT2D eigenvalue weighted by molar-refractivity contribution is 5.63. The van der Waals surface area contributed by atoms with Crippen LogP contribution in [0.4, 0.5) is 0 Å². The molecule has 0 N–H and O–H groups in total. The smallest absolute Gasteiger partial charge is 0.227 e. The van der Waals surface area contributed by atoms with Gasteiger partial charge in [-0.25, -0.2) is 0 Å². The third-order valence-corrected chi connectivity index (χ3v) is 3.37. The molecular formula is C15H16N2O2. The minimum atomic E-state index is 0.533. The molecule has 1 aliphatic carbocycles. The van der Waals surface area contributed by atoms with Crippen molar-refractivity contribution < 1.29 is 9.26 Å². The van der Waals surface area contributed by atoms with Crippen molar-refractivity contribution in [1.82, 2.24) is 10.1 Å². The minimum Gasteiger partial charge on any atom is -0.496 e. The second-order valence-electron chi connectivity index (χ2n) is 4.68. The second kappa shape index (κ2) is 5.26. The molecule has 1 atom stereocenters. The van der Waals surface area contributed by atoms with E-state index >= 15 is 0 Å². The van der Waals surface area contributed by atoms with Crippen LogP contribution < -0.4 is 4.74 Å². The summed E-state index contributed by atoms with van der Waals surface area (Å²) in [7, 11) is 1.64. The Hall–Kier alpha value is -2.10. The molecule has 1 aliphatic rings. The summed E-state index contributed by atoms with van der Waals surface area (Å²) >= 11 is 0. The number of ether oxygens (including phenoxy) is 1. The number of aromatic nitrogens is 2. The Morgan fingerprint density at radius 2 is 2.26 bits per heavy atom. The summed E-state index contributed by atoms with van der Waals surface area (Å²) < 4.78 is 10.6. The minimum absolute atomic E-state index is 0.533. The van der Waals surface area contributed by atoms with Crippen LogP contribution in [0.1, 0.15) is 18.7 Å². The van der Waals surface area contributed by atoms with Crippen LogP contribution in [0.25, 0.3) is 11.4 Å². The van der Waals surface area contributed by atoms with E-state index < -0.39 is 0 Å². The maximum atomic E-state index is 5.33. The largest absolute Gasteiger partial charge is 0.496 e. The zero-order valence-corrected chi connectivity index (χ0v) is 10.9. The molecule has 0 aliphatic heterocycles. The number of rotatable bonds is 4. The lowest BCUT2D eigenvalue weighted by Crippen LogP contribution is -1.97. The lowest BCUT2D eigenvalue weighted by molar-refractivity contribution is 0.363. The summed E-state index contributed by atoms with van der Waals surface area (Å²) in [5.74, 6) is 2.58. The van der Waals surface area contributed by atoms with E-state index in [1.54, 1.807) is 7.11 Å². The predicted octanol–water partition coefficient (Wildman–Crippen LogP) is 3.25. The molecule has 0 fully saturated rings. The molecule has 2 aromatic rings. The van der Waals surface area contributed by atoms with Gasteiger partial charge in [0.15, 0.2) is 0 Å². The van der Waals surface area contributed by atoms with Gasteiger partial charge in [-0.2, -0.15) is 4.98 Å². The van der Waals surface area contributed by atoms with Gasteiger partial charge >= 0.3 is 0 Å². The number of nitrogens with zero attached hydrogens (tertiary/aromatic N) is 2. The number of hydrogen-bond acceptors (Lipinski definition) is 4. The Morgan fingerprint density at radius 1 is 1.37 bits per heavy atom. The molecule has 1 heterocycles. The van der Waals surface area contributed by atoms with Crippen molar-refractivity contribution in [3.8, 4) is 17.1 Å². The van der Waals surface area contributed by atoms with Crippen LogP contribution in [0.2, 0.25) is 0 Å². The van der Waals surface area contributed by atoms with E-state index in [1.807, 2.05) is 24.3 Å². The second-order valence-corrected chi connectivity index (χ2v) is 4.68. The van der Waals surface area contributed by atoms with E-state index in [0.29, 0.717) is 17.6 Å². The van der Waals surface area contributed by atoms with E-state index in [2.05, 4.69) is 22.3 Å². The Bertz CT molecular complexity index is 589. The number of benzene rings is 1. The molecule has 0 unspecified atom stereocenters. The Morgan fingerprint density at radius 3 is 3.05 bits per heavy atom. The first-order valence-electron chi connectivity index (χ1n) is 6.49. The average molecular weight is 256 g/mol. The van der Waals surface area contributed by atoms with Crippen LogP contribution in [0.5, 0.6) is 5.75 Å². The van der Waals surface area contributed by atoms with Gasteiger partial charge in [0, 0.05) is 6.42 Å². The quantitative estimate of drug-likeness (QED) is 0.788. The van der Waals surface area contributed by atoms with Gasteiger partial charge in [0.05, 0.1) is 12.7 Å². The fourth-order valence-electron chi connectivity index (χ4n) is 2.37. The molecule has 3 rings (SSSR count). The van der Waals surface area contributed by atoms with Crippen LogP contribution in [-0.2, 0) is 6.42 Å². The summed E-state index contributed by atoms with van der Waals surface area (Å²) in [5, 5.41) is 4.05. The summed E-state index contributed by atoms with van der Waals surface area (Å²) in [6.07, 6.45) is 7.58. The third-order valence-electron chi connectivity index (χ3n) is 3.37. The molecule has 1 aromatic carbocycles. The van der Waals surface area contributed by atoms with Crippen molar-refractivity contribution >= 4 is 0 Å². The molecule has 4 nitrogen and oxygen atoms in total. The number of hydrogen-bond donors (Lipinski definition) is 0. The standard InChI is InChI=1S/C15H16N2O2/c1-18-13-9-5-4-8-12(13)15-16-14(19-17-15)10-11-6-2-3-7-11/h2,4-6,8-9,11H,3,7,10H2,1H3/t11-/m1/s1. The van der Waals surface area contributed by atoms with Crippen LogP contribution in [-0.4, -0.2) is 17.3 Å². The lowest BCUT2D eigenvalue weighted by atomic mass is 10.1. The topological polar surface area (TPSA) is 48.2 Å². The molecule has 1 aromatic heterocycles. The Kier molecular flexibility index (Phi) is 3.31. The van der Waals surface area contributed by atoms with Crippen LogP contribution >= 0.6 is 0 Å². The Labute approximate surface area is 112 Å². The predicted molar refractivity (Wildman–Crippen MR) is 71.9 cm³/mol. The molecule has 0 radical (unpaired) electrons. The van der Waals surface area contributed by atoms with Gasteiger partial charge in [-0.1, -0.05) is 29.4 Å². The number of allylic oxidation sites excluding steroid dienone is 2. The summed E-state index contributed by atoms with van der Waals surface area (Å²) in [4.78, 5) is 4.46. The van der Waals surface area contributed by atoms with Gasteiger partial charge in [0.1, 0.15) is 5.75 Å². The van der Waals surface area contributed by atoms with E-state index in [0.717, 1.165) is 24.2 Å². The highest BCUT2D eigenvalue weighted by Crippen LogP contribution is 2.28. The van der Waals surface area contributed by atoms with Gasteiger partial charge in [0.25, 0.3) is 0 Å². The van der Waals surface area contributed by atoms with Gasteiger partial charge in [-0.05, 0) is 30.9 Å². The van der Waals surface area contributed by atoms with Crippen molar-refractivity contribution in [2.75, 3.05) is 7.11 Å². The summed E-state index contributed by atoms with van der Waals surface area (Å²) in [5.41, 5.74) is 0.863. The normalized spacial score (nSPS) is 17.8. The first kappa shape index (κ1) is 12.0. The van der Waals surface area contributed by atoms with Gasteiger partial charge in [0.2, 0.25) is 11.7 Å². The highest BCUT2D eigenvalue weighted by atomic mass is 16.5. The molecule has 0 saturated heterocycles. The zero-order chi connectivity index (χ0) is 13.1. The molecule has 0 amide bonds. The number of methoxy groups -OCH3 is 1. The van der Waals surface area contributed by atoms with Gasteiger partial charge in [-0.15, -0.1) is 0 Å². The molecular weight excluding hydrogens is 240 g/mol. The zero-order valence-electron chi connectivity index (χ0n) is 10.9. The lowest BCUT2D eigenvalue weighted by Gasteiger charge is -2.03. The SMILES string of the molecule is COc1ccccc1-c1noc(C[C@@H]2C=CCC2)n1. The highest BCUT2D eigenvalue weighted by Gasteiger charge is 2.16. The molecule has 4 heteroatoms. The van der Waals surface area contributed by atoms with E-state index in [4.69, 9.17) is 9.26 Å². The van der Waals surface area contributed by atoms with Crippen molar-refractivity contribution in [1.29, 1.82) is 0 Å². The molecule has 0 bridgehead atoms. The number of para-hydroxylation sites is 1. The Balaban J connectivity index is 1.82. The summed E-state index contributed by atoms with van der Waals surface area (Å²) in [6, 6.07) is 7.69. The third kappa shape index (κ3) is 2.52.